The van der Waals surface area contributed by atoms with Gasteiger partial charge in [0.15, 0.2) is 0 Å². The zero-order valence-corrected chi connectivity index (χ0v) is 14.1. The van der Waals surface area contributed by atoms with Crippen LogP contribution in [0.15, 0.2) is 18.2 Å². The van der Waals surface area contributed by atoms with E-state index in [-0.39, 0.29) is 6.04 Å². The number of nitrogens with two attached hydrogens (primary N) is 1. The topological polar surface area (TPSA) is 47.7 Å². The fourth-order valence-electron chi connectivity index (χ4n) is 2.56. The molecule has 2 unspecified atom stereocenters. The number of ether oxygens (including phenoxy) is 2. The first-order valence-electron chi connectivity index (χ1n) is 7.54. The van der Waals surface area contributed by atoms with E-state index < -0.39 is 0 Å². The van der Waals surface area contributed by atoms with Crippen molar-refractivity contribution in [3.05, 3.63) is 34.9 Å². The van der Waals surface area contributed by atoms with E-state index in [1.807, 2.05) is 0 Å². The van der Waals surface area contributed by atoms with E-state index in [4.69, 9.17) is 15.2 Å². The lowest BCUT2D eigenvalue weighted by molar-refractivity contribution is 0.0713. The fourth-order valence-corrected chi connectivity index (χ4v) is 2.56. The largest absolute Gasteiger partial charge is 0.383 e. The molecule has 4 nitrogen and oxygen atoms in total. The van der Waals surface area contributed by atoms with Crippen LogP contribution < -0.4 is 5.73 Å². The van der Waals surface area contributed by atoms with Crippen molar-refractivity contribution < 1.29 is 9.47 Å². The second-order valence-corrected chi connectivity index (χ2v) is 5.76. The van der Waals surface area contributed by atoms with Crippen molar-refractivity contribution in [1.29, 1.82) is 0 Å². The molecule has 0 radical (unpaired) electrons. The minimum atomic E-state index is 0.000984. The molecule has 0 aromatic heterocycles. The van der Waals surface area contributed by atoms with Gasteiger partial charge in [0.1, 0.15) is 0 Å². The molecule has 120 valence electrons. The Hall–Kier alpha value is -0.940. The summed E-state index contributed by atoms with van der Waals surface area (Å²) < 4.78 is 10.5. The van der Waals surface area contributed by atoms with Crippen molar-refractivity contribution in [3.8, 4) is 0 Å². The minimum absolute atomic E-state index is 0.000984. The Labute approximate surface area is 129 Å². The van der Waals surface area contributed by atoms with Gasteiger partial charge in [-0.15, -0.1) is 0 Å². The Bertz CT molecular complexity index is 423. The van der Waals surface area contributed by atoms with Crippen molar-refractivity contribution in [2.24, 2.45) is 5.73 Å². The number of benzene rings is 1. The number of aryl methyl sites for hydroxylation is 2. The van der Waals surface area contributed by atoms with Crippen LogP contribution in [0.4, 0.5) is 0 Å². The Morgan fingerprint density at radius 2 is 1.90 bits per heavy atom. The second kappa shape index (κ2) is 9.15. The van der Waals surface area contributed by atoms with E-state index in [0.29, 0.717) is 19.3 Å². The molecule has 0 fully saturated rings. The van der Waals surface area contributed by atoms with Crippen LogP contribution in [0, 0.1) is 13.8 Å². The average molecular weight is 294 g/mol. The van der Waals surface area contributed by atoms with Gasteiger partial charge in [-0.05, 0) is 31.9 Å². The number of hydrogen-bond donors (Lipinski definition) is 1. The van der Waals surface area contributed by atoms with Gasteiger partial charge in [-0.2, -0.15) is 0 Å². The molecule has 0 spiro atoms. The van der Waals surface area contributed by atoms with Crippen LogP contribution in [-0.4, -0.2) is 51.5 Å². The number of hydrogen-bond acceptors (Lipinski definition) is 4. The van der Waals surface area contributed by atoms with Crippen LogP contribution in [0.2, 0.25) is 0 Å². The van der Waals surface area contributed by atoms with Crippen molar-refractivity contribution in [2.75, 3.05) is 40.5 Å². The maximum absolute atomic E-state index is 6.45. The summed E-state index contributed by atoms with van der Waals surface area (Å²) in [5, 5.41) is 0. The van der Waals surface area contributed by atoms with Gasteiger partial charge in [-0.1, -0.05) is 23.8 Å². The highest BCUT2D eigenvalue weighted by Crippen LogP contribution is 2.19. The van der Waals surface area contributed by atoms with Crippen LogP contribution in [0.5, 0.6) is 0 Å². The molecule has 1 aromatic carbocycles. The number of nitrogens with zero attached hydrogens (tertiary/aromatic N) is 1. The van der Waals surface area contributed by atoms with Gasteiger partial charge in [0.2, 0.25) is 0 Å². The molecule has 0 heterocycles. The Kier molecular flexibility index (Phi) is 7.89. The molecule has 0 saturated heterocycles. The quantitative estimate of drug-likeness (QED) is 0.759. The van der Waals surface area contributed by atoms with Gasteiger partial charge in [0, 0.05) is 39.4 Å². The van der Waals surface area contributed by atoms with E-state index in [1.165, 1.54) is 16.7 Å². The zero-order valence-electron chi connectivity index (χ0n) is 14.1. The lowest BCUT2D eigenvalue weighted by atomic mass is 9.99. The summed E-state index contributed by atoms with van der Waals surface area (Å²) in [6, 6.07) is 6.78. The first-order valence-corrected chi connectivity index (χ1v) is 7.54. The molecule has 2 N–H and O–H groups in total. The Morgan fingerprint density at radius 3 is 2.52 bits per heavy atom. The van der Waals surface area contributed by atoms with E-state index in [9.17, 15) is 0 Å². The third-order valence-corrected chi connectivity index (χ3v) is 3.88. The monoisotopic (exact) mass is 294 g/mol. The number of rotatable bonds is 9. The van der Waals surface area contributed by atoms with Crippen molar-refractivity contribution in [1.82, 2.24) is 4.90 Å². The molecule has 0 saturated carbocycles. The summed E-state index contributed by atoms with van der Waals surface area (Å²) >= 11 is 0. The normalized spacial score (nSPS) is 14.4. The standard InChI is InChI=1S/C17H30N2O2/c1-13-6-7-14(2)16(10-13)17(18)11-19(8-9-20-4)15(3)12-21-5/h6-7,10,15,17H,8-9,11-12,18H2,1-5H3. The fraction of sp³-hybridized carbons (Fsp3) is 0.647. The molecule has 0 aliphatic heterocycles. The third kappa shape index (κ3) is 5.75. The van der Waals surface area contributed by atoms with Crippen LogP contribution in [0.3, 0.4) is 0 Å². The van der Waals surface area contributed by atoms with Crippen LogP contribution in [0.25, 0.3) is 0 Å². The van der Waals surface area contributed by atoms with Gasteiger partial charge >= 0.3 is 0 Å². The SMILES string of the molecule is COCCN(CC(N)c1cc(C)ccc1C)C(C)COC. The summed E-state index contributed by atoms with van der Waals surface area (Å²) in [5.41, 5.74) is 10.2. The van der Waals surface area contributed by atoms with Gasteiger partial charge in [0.25, 0.3) is 0 Å². The first-order chi connectivity index (χ1) is 9.99. The lowest BCUT2D eigenvalue weighted by Gasteiger charge is -2.31. The molecule has 1 rings (SSSR count). The van der Waals surface area contributed by atoms with Crippen LogP contribution in [-0.2, 0) is 9.47 Å². The van der Waals surface area contributed by atoms with Crippen molar-refractivity contribution in [3.63, 3.8) is 0 Å². The molecule has 0 bridgehead atoms. The summed E-state index contributed by atoms with van der Waals surface area (Å²) in [7, 11) is 3.46. The summed E-state index contributed by atoms with van der Waals surface area (Å²) in [4.78, 5) is 2.33. The molecule has 1 aromatic rings. The highest BCUT2D eigenvalue weighted by atomic mass is 16.5. The van der Waals surface area contributed by atoms with Gasteiger partial charge in [-0.25, -0.2) is 0 Å². The lowest BCUT2D eigenvalue weighted by Crippen LogP contribution is -2.42. The third-order valence-electron chi connectivity index (χ3n) is 3.88. The Balaban J connectivity index is 2.78. The number of methoxy groups -OCH3 is 2. The molecule has 0 aliphatic rings. The van der Waals surface area contributed by atoms with E-state index >= 15 is 0 Å². The van der Waals surface area contributed by atoms with Crippen LogP contribution >= 0.6 is 0 Å². The summed E-state index contributed by atoms with van der Waals surface area (Å²) in [6.07, 6.45) is 0. The maximum Gasteiger partial charge on any atom is 0.0615 e. The summed E-state index contributed by atoms with van der Waals surface area (Å²) in [5.74, 6) is 0. The molecular formula is C17H30N2O2. The molecule has 2 atom stereocenters. The molecule has 0 aliphatic carbocycles. The highest BCUT2D eigenvalue weighted by Gasteiger charge is 2.18. The molecule has 0 amide bonds. The zero-order chi connectivity index (χ0) is 15.8. The second-order valence-electron chi connectivity index (χ2n) is 5.76. The smallest absolute Gasteiger partial charge is 0.0615 e. The Morgan fingerprint density at radius 1 is 1.19 bits per heavy atom. The first kappa shape index (κ1) is 18.1. The molecule has 21 heavy (non-hydrogen) atoms. The van der Waals surface area contributed by atoms with E-state index in [0.717, 1.165) is 13.1 Å². The van der Waals surface area contributed by atoms with E-state index in [1.54, 1.807) is 14.2 Å². The maximum atomic E-state index is 6.45. The van der Waals surface area contributed by atoms with E-state index in [2.05, 4.69) is 43.9 Å². The molecule has 4 heteroatoms. The van der Waals surface area contributed by atoms with Gasteiger partial charge in [0.05, 0.1) is 13.2 Å². The minimum Gasteiger partial charge on any atom is -0.383 e. The summed E-state index contributed by atoms with van der Waals surface area (Å²) in [6.45, 7) is 9.45. The van der Waals surface area contributed by atoms with Gasteiger partial charge in [-0.3, -0.25) is 4.90 Å². The predicted molar refractivity (Wildman–Crippen MR) is 87.6 cm³/mol. The molecular weight excluding hydrogens is 264 g/mol. The van der Waals surface area contributed by atoms with Crippen LogP contribution in [0.1, 0.15) is 29.7 Å². The van der Waals surface area contributed by atoms with Crippen molar-refractivity contribution >= 4 is 0 Å². The highest BCUT2D eigenvalue weighted by molar-refractivity contribution is 5.33. The van der Waals surface area contributed by atoms with Gasteiger partial charge < -0.3 is 15.2 Å². The predicted octanol–water partition coefficient (Wildman–Crippen LogP) is 2.29. The van der Waals surface area contributed by atoms with Crippen molar-refractivity contribution in [2.45, 2.75) is 32.9 Å². The average Bonchev–Trinajstić information content (AvgIpc) is 2.45.